The van der Waals surface area contributed by atoms with Crippen LogP contribution in [0.3, 0.4) is 0 Å². The molecule has 3 aromatic rings. The van der Waals surface area contributed by atoms with E-state index in [1.807, 2.05) is 24.3 Å². The van der Waals surface area contributed by atoms with Crippen LogP contribution < -0.4 is 5.32 Å². The van der Waals surface area contributed by atoms with Crippen LogP contribution in [0, 0.1) is 11.6 Å². The second kappa shape index (κ2) is 13.0. The van der Waals surface area contributed by atoms with Gasteiger partial charge in [-0.3, -0.25) is 0 Å². The number of nitrogens with one attached hydrogen (secondary N) is 1. The predicted octanol–water partition coefficient (Wildman–Crippen LogP) is 8.32. The minimum absolute atomic E-state index is 0.198. The number of halogens is 5. The first-order chi connectivity index (χ1) is 16.7. The number of aryl methyl sites for hydroxylation is 1. The number of nitrogens with zero attached hydrogens (tertiary/aromatic N) is 2. The van der Waals surface area contributed by atoms with Crippen molar-refractivity contribution >= 4 is 18.5 Å². The standard InChI is InChI=1S/C26H30F5N3S/c27-21-15-20(16-22(28)17-21)23-12-8-9-13-24(23)32-14-10-6-4-2-1-3-5-7-11-19-18-34(35)33-25(19)26(29,30)31/h8-9,12-13,15-18,32,35H,1-7,10-11,14H2. The summed E-state index contributed by atoms with van der Waals surface area (Å²) in [6.45, 7) is 0.759. The molecule has 1 aromatic heterocycles. The van der Waals surface area contributed by atoms with E-state index in [0.29, 0.717) is 18.4 Å². The largest absolute Gasteiger partial charge is 0.435 e. The van der Waals surface area contributed by atoms with Gasteiger partial charge in [0.25, 0.3) is 0 Å². The molecule has 0 aliphatic carbocycles. The lowest BCUT2D eigenvalue weighted by molar-refractivity contribution is -0.141. The summed E-state index contributed by atoms with van der Waals surface area (Å²) in [7, 11) is 0. The number of hydrogen-bond donors (Lipinski definition) is 2. The van der Waals surface area contributed by atoms with Crippen LogP contribution in [-0.2, 0) is 12.6 Å². The molecule has 0 amide bonds. The van der Waals surface area contributed by atoms with Crippen molar-refractivity contribution in [3.8, 4) is 11.1 Å². The van der Waals surface area contributed by atoms with E-state index in [4.69, 9.17) is 0 Å². The number of aromatic nitrogens is 2. The van der Waals surface area contributed by atoms with Gasteiger partial charge in [-0.2, -0.15) is 18.3 Å². The van der Waals surface area contributed by atoms with E-state index in [0.717, 1.165) is 72.9 Å². The highest BCUT2D eigenvalue weighted by Crippen LogP contribution is 2.32. The SMILES string of the molecule is Fc1cc(F)cc(-c2ccccc2NCCCCCCCCCCc2cn(S)nc2C(F)(F)F)c1. The Morgan fingerprint density at radius 2 is 1.43 bits per heavy atom. The average Bonchev–Trinajstić information content (AvgIpc) is 3.18. The first-order valence-corrected chi connectivity index (χ1v) is 12.3. The van der Waals surface area contributed by atoms with E-state index < -0.39 is 23.5 Å². The highest BCUT2D eigenvalue weighted by Gasteiger charge is 2.36. The van der Waals surface area contributed by atoms with E-state index in [1.165, 1.54) is 18.3 Å². The Balaban J connectivity index is 1.28. The maximum absolute atomic E-state index is 13.6. The molecule has 0 unspecified atom stereocenters. The Hall–Kier alpha value is -2.55. The number of unbranched alkanes of at least 4 members (excludes halogenated alkanes) is 7. The van der Waals surface area contributed by atoms with Crippen molar-refractivity contribution < 1.29 is 22.0 Å². The van der Waals surface area contributed by atoms with Gasteiger partial charge in [-0.1, -0.05) is 56.7 Å². The van der Waals surface area contributed by atoms with E-state index in [9.17, 15) is 22.0 Å². The van der Waals surface area contributed by atoms with Crippen LogP contribution in [0.15, 0.2) is 48.7 Å². The van der Waals surface area contributed by atoms with Gasteiger partial charge in [0.2, 0.25) is 0 Å². The van der Waals surface area contributed by atoms with Crippen LogP contribution in [0.4, 0.5) is 27.6 Å². The molecular weight excluding hydrogens is 481 g/mol. The Labute approximate surface area is 208 Å². The summed E-state index contributed by atoms with van der Waals surface area (Å²) < 4.78 is 67.0. The van der Waals surface area contributed by atoms with Gasteiger partial charge in [0.15, 0.2) is 5.69 Å². The molecule has 1 heterocycles. The maximum Gasteiger partial charge on any atom is 0.435 e. The number of benzene rings is 2. The third-order valence-electron chi connectivity index (χ3n) is 5.84. The normalized spacial score (nSPS) is 11.7. The van der Waals surface area contributed by atoms with Gasteiger partial charge in [-0.15, -0.1) is 0 Å². The highest BCUT2D eigenvalue weighted by atomic mass is 32.1. The first kappa shape index (κ1) is 27.0. The lowest BCUT2D eigenvalue weighted by atomic mass is 10.0. The molecule has 0 saturated carbocycles. The van der Waals surface area contributed by atoms with E-state index in [1.54, 1.807) is 0 Å². The highest BCUT2D eigenvalue weighted by molar-refractivity contribution is 7.78. The number of hydrogen-bond acceptors (Lipinski definition) is 3. The van der Waals surface area contributed by atoms with E-state index in [-0.39, 0.29) is 5.56 Å². The monoisotopic (exact) mass is 511 g/mol. The van der Waals surface area contributed by atoms with E-state index in [2.05, 4.69) is 23.2 Å². The van der Waals surface area contributed by atoms with Gasteiger partial charge in [-0.25, -0.2) is 12.9 Å². The lowest BCUT2D eigenvalue weighted by Gasteiger charge is -2.12. The van der Waals surface area contributed by atoms with Gasteiger partial charge in [0, 0.05) is 35.6 Å². The van der Waals surface area contributed by atoms with Crippen molar-refractivity contribution in [2.24, 2.45) is 0 Å². The molecule has 0 aliphatic heterocycles. The van der Waals surface area contributed by atoms with Crippen molar-refractivity contribution in [3.05, 3.63) is 71.6 Å². The Morgan fingerprint density at radius 1 is 0.829 bits per heavy atom. The minimum atomic E-state index is -4.45. The molecular formula is C26H30F5N3S. The van der Waals surface area contributed by atoms with Gasteiger partial charge < -0.3 is 5.32 Å². The molecule has 0 saturated heterocycles. The fraction of sp³-hybridized carbons (Fsp3) is 0.423. The van der Waals surface area contributed by atoms with Gasteiger partial charge >= 0.3 is 6.18 Å². The molecule has 3 nitrogen and oxygen atoms in total. The van der Waals surface area contributed by atoms with Crippen molar-refractivity contribution in [2.45, 2.75) is 64.0 Å². The van der Waals surface area contributed by atoms with Crippen LogP contribution >= 0.6 is 12.8 Å². The topological polar surface area (TPSA) is 29.9 Å². The number of anilines is 1. The average molecular weight is 512 g/mol. The molecule has 2 aromatic carbocycles. The predicted molar refractivity (Wildman–Crippen MR) is 133 cm³/mol. The van der Waals surface area contributed by atoms with Crippen molar-refractivity contribution in [2.75, 3.05) is 11.9 Å². The summed E-state index contributed by atoms with van der Waals surface area (Å²) in [5.74, 6) is -1.20. The Kier molecular flexibility index (Phi) is 10.0. The lowest BCUT2D eigenvalue weighted by Crippen LogP contribution is -2.09. The molecule has 0 aliphatic rings. The van der Waals surface area contributed by atoms with Crippen molar-refractivity contribution in [1.29, 1.82) is 0 Å². The molecule has 0 radical (unpaired) electrons. The van der Waals surface area contributed by atoms with Gasteiger partial charge in [0.1, 0.15) is 11.6 Å². The molecule has 0 spiro atoms. The molecule has 3 rings (SSSR count). The number of para-hydroxylation sites is 1. The van der Waals surface area contributed by atoms with Gasteiger partial charge in [-0.05, 0) is 55.8 Å². The Morgan fingerprint density at radius 3 is 2.09 bits per heavy atom. The van der Waals surface area contributed by atoms with Crippen LogP contribution in [0.5, 0.6) is 0 Å². The van der Waals surface area contributed by atoms with Crippen LogP contribution in [-0.4, -0.2) is 15.7 Å². The number of rotatable bonds is 13. The van der Waals surface area contributed by atoms with E-state index >= 15 is 0 Å². The molecule has 0 fully saturated rings. The van der Waals surface area contributed by atoms with Crippen LogP contribution in [0.25, 0.3) is 11.1 Å². The van der Waals surface area contributed by atoms with Crippen molar-refractivity contribution in [3.63, 3.8) is 0 Å². The third kappa shape index (κ3) is 8.56. The van der Waals surface area contributed by atoms with Gasteiger partial charge in [0.05, 0.1) is 0 Å². The molecule has 0 bridgehead atoms. The summed E-state index contributed by atoms with van der Waals surface area (Å²) in [5, 5.41) is 6.78. The summed E-state index contributed by atoms with van der Waals surface area (Å²) in [4.78, 5) is 0. The molecule has 190 valence electrons. The fourth-order valence-corrected chi connectivity index (χ4v) is 4.37. The third-order valence-corrected chi connectivity index (χ3v) is 6.04. The zero-order valence-corrected chi connectivity index (χ0v) is 20.3. The van der Waals surface area contributed by atoms with Crippen molar-refractivity contribution in [1.82, 2.24) is 9.19 Å². The summed E-state index contributed by atoms with van der Waals surface area (Å²) >= 11 is 3.86. The smallest absolute Gasteiger partial charge is 0.385 e. The van der Waals surface area contributed by atoms with Crippen LogP contribution in [0.2, 0.25) is 0 Å². The second-order valence-electron chi connectivity index (χ2n) is 8.63. The molecule has 9 heteroatoms. The molecule has 35 heavy (non-hydrogen) atoms. The number of alkyl halides is 3. The minimum Gasteiger partial charge on any atom is -0.385 e. The molecule has 0 atom stereocenters. The zero-order chi connectivity index (χ0) is 25.3. The van der Waals surface area contributed by atoms with Crippen LogP contribution in [0.1, 0.15) is 62.6 Å². The zero-order valence-electron chi connectivity index (χ0n) is 19.4. The number of thiol groups is 1. The first-order valence-electron chi connectivity index (χ1n) is 11.9. The summed E-state index contributed by atoms with van der Waals surface area (Å²) in [6.07, 6.45) is 5.06. The summed E-state index contributed by atoms with van der Waals surface area (Å²) in [5.41, 5.74) is 1.46. The fourth-order valence-electron chi connectivity index (χ4n) is 4.14. The maximum atomic E-state index is 13.6. The quantitative estimate of drug-likeness (QED) is 0.137. The Bertz CT molecular complexity index is 1060. The molecule has 1 N–H and O–H groups in total. The second-order valence-corrected chi connectivity index (χ2v) is 9.04. The summed E-state index contributed by atoms with van der Waals surface area (Å²) in [6, 6.07) is 11.0.